The van der Waals surface area contributed by atoms with E-state index in [-0.39, 0.29) is 17.8 Å². The van der Waals surface area contributed by atoms with Crippen LogP contribution in [0.4, 0.5) is 0 Å². The number of rotatable bonds is 5. The fraction of sp³-hybridized carbons (Fsp3) is 0.444. The molecule has 0 N–H and O–H groups in total. The van der Waals surface area contributed by atoms with Crippen molar-refractivity contribution in [1.82, 2.24) is 15.0 Å². The van der Waals surface area contributed by atoms with Crippen molar-refractivity contribution in [1.29, 1.82) is 0 Å². The van der Waals surface area contributed by atoms with E-state index >= 15 is 0 Å². The molecule has 0 saturated carbocycles. The van der Waals surface area contributed by atoms with Gasteiger partial charge in [0.25, 0.3) is 5.91 Å². The summed E-state index contributed by atoms with van der Waals surface area (Å²) in [5.41, 5.74) is 1.60. The minimum absolute atomic E-state index is 0.154. The van der Waals surface area contributed by atoms with E-state index in [0.29, 0.717) is 18.3 Å². The number of carbonyl (C=O) groups excluding carboxylic acids is 1. The summed E-state index contributed by atoms with van der Waals surface area (Å²) < 4.78 is 10.7. The van der Waals surface area contributed by atoms with Gasteiger partial charge in [-0.3, -0.25) is 9.69 Å². The fourth-order valence-corrected chi connectivity index (χ4v) is 3.12. The van der Waals surface area contributed by atoms with Gasteiger partial charge in [0.05, 0.1) is 6.10 Å². The highest BCUT2D eigenvalue weighted by atomic mass is 16.5. The maximum absolute atomic E-state index is 12.6. The summed E-state index contributed by atoms with van der Waals surface area (Å²) in [6, 6.07) is 11.7. The Morgan fingerprint density at radius 3 is 2.83 bits per heavy atom. The van der Waals surface area contributed by atoms with E-state index in [9.17, 15) is 4.79 Å². The molecule has 0 spiro atoms. The van der Waals surface area contributed by atoms with Gasteiger partial charge in [0.1, 0.15) is 5.69 Å². The van der Waals surface area contributed by atoms with Crippen LogP contribution in [0.25, 0.3) is 11.3 Å². The van der Waals surface area contributed by atoms with Crippen LogP contribution in [0.2, 0.25) is 0 Å². The lowest BCUT2D eigenvalue weighted by atomic mass is 10.1. The highest BCUT2D eigenvalue weighted by molar-refractivity contribution is 5.92. The van der Waals surface area contributed by atoms with Gasteiger partial charge in [-0.15, -0.1) is 0 Å². The van der Waals surface area contributed by atoms with E-state index in [2.05, 4.69) is 17.1 Å². The minimum atomic E-state index is -0.154. The number of hydrogen-bond acceptors (Lipinski definition) is 5. The zero-order valence-corrected chi connectivity index (χ0v) is 14.3. The molecule has 1 aromatic carbocycles. The maximum Gasteiger partial charge on any atom is 0.292 e. The number of carbonyl (C=O) groups is 1. The van der Waals surface area contributed by atoms with Gasteiger partial charge in [-0.2, -0.15) is 0 Å². The van der Waals surface area contributed by atoms with Crippen molar-refractivity contribution in [2.24, 2.45) is 0 Å². The molecule has 0 bridgehead atoms. The molecule has 2 aromatic rings. The predicted octanol–water partition coefficient (Wildman–Crippen LogP) is 2.13. The van der Waals surface area contributed by atoms with Crippen LogP contribution in [-0.4, -0.2) is 67.3 Å². The van der Waals surface area contributed by atoms with Crippen molar-refractivity contribution in [2.75, 3.05) is 34.3 Å². The van der Waals surface area contributed by atoms with Crippen molar-refractivity contribution >= 4 is 5.91 Å². The zero-order valence-electron chi connectivity index (χ0n) is 14.3. The van der Waals surface area contributed by atoms with Gasteiger partial charge >= 0.3 is 0 Å². The van der Waals surface area contributed by atoms with E-state index in [1.807, 2.05) is 30.3 Å². The Labute approximate surface area is 142 Å². The van der Waals surface area contributed by atoms with E-state index in [0.717, 1.165) is 18.5 Å². The number of hydrogen-bond donors (Lipinski definition) is 0. The first kappa shape index (κ1) is 16.7. The predicted molar refractivity (Wildman–Crippen MR) is 90.7 cm³/mol. The number of amides is 1. The lowest BCUT2D eigenvalue weighted by Gasteiger charge is -2.24. The molecule has 1 aromatic heterocycles. The second-order valence-electron chi connectivity index (χ2n) is 6.31. The Morgan fingerprint density at radius 1 is 1.42 bits per heavy atom. The molecular weight excluding hydrogens is 306 g/mol. The van der Waals surface area contributed by atoms with Gasteiger partial charge in [-0.25, -0.2) is 0 Å². The maximum atomic E-state index is 12.6. The Hall–Kier alpha value is -2.18. The molecule has 1 fully saturated rings. The molecule has 3 rings (SSSR count). The molecule has 6 nitrogen and oxygen atoms in total. The molecule has 1 saturated heterocycles. The van der Waals surface area contributed by atoms with Crippen molar-refractivity contribution in [3.8, 4) is 11.3 Å². The van der Waals surface area contributed by atoms with Crippen LogP contribution >= 0.6 is 0 Å². The first-order valence-electron chi connectivity index (χ1n) is 8.09. The molecule has 1 aliphatic heterocycles. The lowest BCUT2D eigenvalue weighted by molar-refractivity contribution is 0.0719. The molecule has 24 heavy (non-hydrogen) atoms. The topological polar surface area (TPSA) is 58.8 Å². The molecule has 1 aliphatic rings. The summed E-state index contributed by atoms with van der Waals surface area (Å²) in [5, 5.41) is 4.01. The zero-order chi connectivity index (χ0) is 17.1. The van der Waals surface area contributed by atoms with Gasteiger partial charge in [0.15, 0.2) is 0 Å². The van der Waals surface area contributed by atoms with Gasteiger partial charge in [-0.1, -0.05) is 35.5 Å². The van der Waals surface area contributed by atoms with Gasteiger partial charge in [0, 0.05) is 44.9 Å². The average molecular weight is 329 g/mol. The Morgan fingerprint density at radius 2 is 2.17 bits per heavy atom. The van der Waals surface area contributed by atoms with Crippen LogP contribution in [0.15, 0.2) is 40.9 Å². The van der Waals surface area contributed by atoms with Gasteiger partial charge < -0.3 is 14.2 Å². The summed E-state index contributed by atoms with van der Waals surface area (Å²) in [6.07, 6.45) is 1.16. The van der Waals surface area contributed by atoms with E-state index in [1.165, 1.54) is 0 Å². The Bertz CT molecular complexity index is 686. The Balaban J connectivity index is 1.65. The molecule has 0 radical (unpaired) electrons. The molecule has 2 heterocycles. The fourth-order valence-electron chi connectivity index (χ4n) is 3.12. The van der Waals surface area contributed by atoms with Crippen LogP contribution < -0.4 is 0 Å². The number of methoxy groups -OCH3 is 1. The monoisotopic (exact) mass is 329 g/mol. The number of likely N-dealkylation sites (tertiary alicyclic amines) is 1. The van der Waals surface area contributed by atoms with Crippen molar-refractivity contribution in [3.05, 3.63) is 42.2 Å². The molecule has 128 valence electrons. The molecule has 2 atom stereocenters. The molecule has 6 heteroatoms. The second-order valence-corrected chi connectivity index (χ2v) is 6.31. The second kappa shape index (κ2) is 7.15. The van der Waals surface area contributed by atoms with Crippen LogP contribution in [0.3, 0.4) is 0 Å². The number of benzene rings is 1. The minimum Gasteiger partial charge on any atom is -0.380 e. The third kappa shape index (κ3) is 3.49. The SMILES string of the molecule is CO[C@H]1C[C@@H](CN(C)C(=O)c2cc(-c3ccccc3)no2)N(C)C1. The summed E-state index contributed by atoms with van der Waals surface area (Å²) in [7, 11) is 5.58. The highest BCUT2D eigenvalue weighted by Crippen LogP contribution is 2.21. The summed E-state index contributed by atoms with van der Waals surface area (Å²) in [5.74, 6) is 0.110. The molecule has 0 aliphatic carbocycles. The molecular formula is C18H23N3O3. The van der Waals surface area contributed by atoms with Gasteiger partial charge in [0.2, 0.25) is 5.76 Å². The first-order valence-corrected chi connectivity index (χ1v) is 8.09. The first-order chi connectivity index (χ1) is 11.6. The lowest BCUT2D eigenvalue weighted by Crippen LogP contribution is -2.39. The summed E-state index contributed by atoms with van der Waals surface area (Å²) >= 11 is 0. The number of nitrogens with zero attached hydrogens (tertiary/aromatic N) is 3. The normalized spacial score (nSPS) is 21.1. The van der Waals surface area contributed by atoms with Gasteiger partial charge in [-0.05, 0) is 13.5 Å². The van der Waals surface area contributed by atoms with Crippen molar-refractivity contribution in [2.45, 2.75) is 18.6 Å². The van der Waals surface area contributed by atoms with Crippen LogP contribution in [0.5, 0.6) is 0 Å². The Kier molecular flexibility index (Phi) is 4.97. The van der Waals surface area contributed by atoms with Crippen molar-refractivity contribution < 1.29 is 14.1 Å². The average Bonchev–Trinajstić information content (AvgIpc) is 3.22. The molecule has 1 amide bonds. The third-order valence-electron chi connectivity index (χ3n) is 4.61. The number of ether oxygens (including phenoxy) is 1. The standard InChI is InChI=1S/C18H23N3O3/c1-20-12-15(23-3)9-14(20)11-21(2)18(22)17-10-16(19-24-17)13-7-5-4-6-8-13/h4-8,10,14-15H,9,11-12H2,1-3H3/t14-,15-/m0/s1. The smallest absolute Gasteiger partial charge is 0.292 e. The van der Waals surface area contributed by atoms with Crippen LogP contribution in [0, 0.1) is 0 Å². The number of aromatic nitrogens is 1. The van der Waals surface area contributed by atoms with E-state index < -0.39 is 0 Å². The third-order valence-corrected chi connectivity index (χ3v) is 4.61. The molecule has 0 unspecified atom stereocenters. The highest BCUT2D eigenvalue weighted by Gasteiger charge is 2.31. The quantitative estimate of drug-likeness (QED) is 0.841. The van der Waals surface area contributed by atoms with Crippen LogP contribution in [0.1, 0.15) is 17.0 Å². The van der Waals surface area contributed by atoms with E-state index in [4.69, 9.17) is 9.26 Å². The summed E-state index contributed by atoms with van der Waals surface area (Å²) in [4.78, 5) is 16.5. The largest absolute Gasteiger partial charge is 0.380 e. The van der Waals surface area contributed by atoms with E-state index in [1.54, 1.807) is 25.1 Å². The van der Waals surface area contributed by atoms with Crippen LogP contribution in [-0.2, 0) is 4.74 Å². The van der Waals surface area contributed by atoms with Crippen molar-refractivity contribution in [3.63, 3.8) is 0 Å². The number of likely N-dealkylation sites (N-methyl/N-ethyl adjacent to an activating group) is 2. The summed E-state index contributed by atoms with van der Waals surface area (Å²) in [6.45, 7) is 1.53.